The molecular weight excluding hydrogens is 328 g/mol. The van der Waals surface area contributed by atoms with Gasteiger partial charge in [-0.15, -0.1) is 0 Å². The van der Waals surface area contributed by atoms with E-state index in [9.17, 15) is 4.79 Å². The highest BCUT2D eigenvalue weighted by atomic mass is 79.9. The first-order chi connectivity index (χ1) is 8.92. The normalized spacial score (nSPS) is 12.5. The van der Waals surface area contributed by atoms with Gasteiger partial charge in [-0.25, -0.2) is 0 Å². The van der Waals surface area contributed by atoms with Crippen LogP contribution in [0.5, 0.6) is 0 Å². The third-order valence-electron chi connectivity index (χ3n) is 2.82. The molecule has 0 heterocycles. The van der Waals surface area contributed by atoms with Crippen LogP contribution in [-0.4, -0.2) is 12.5 Å². The van der Waals surface area contributed by atoms with E-state index in [0.29, 0.717) is 29.6 Å². The van der Waals surface area contributed by atoms with Crippen molar-refractivity contribution in [1.29, 1.82) is 0 Å². The van der Waals surface area contributed by atoms with Crippen molar-refractivity contribution in [2.45, 2.75) is 26.7 Å². The van der Waals surface area contributed by atoms with E-state index in [1.807, 2.05) is 12.1 Å². The van der Waals surface area contributed by atoms with E-state index in [1.165, 1.54) is 0 Å². The largest absolute Gasteiger partial charge is 0.330 e. The number of halogens is 2. The summed E-state index contributed by atoms with van der Waals surface area (Å²) in [5.41, 5.74) is 6.41. The van der Waals surface area contributed by atoms with Crippen LogP contribution in [0.2, 0.25) is 5.02 Å². The molecular formula is C14H20BrClN2O. The predicted octanol–water partition coefficient (Wildman–Crippen LogP) is 4.05. The Morgan fingerprint density at radius 1 is 1.47 bits per heavy atom. The second-order valence-electron chi connectivity index (χ2n) is 5.11. The number of benzene rings is 1. The molecule has 0 aliphatic heterocycles. The highest BCUT2D eigenvalue weighted by Gasteiger charge is 2.14. The Kier molecular flexibility index (Phi) is 6.83. The number of anilines is 1. The number of rotatable bonds is 6. The smallest absolute Gasteiger partial charge is 0.224 e. The van der Waals surface area contributed by atoms with Gasteiger partial charge in [0.15, 0.2) is 0 Å². The average molecular weight is 348 g/mol. The molecule has 0 aliphatic rings. The van der Waals surface area contributed by atoms with E-state index in [0.717, 1.165) is 10.9 Å². The van der Waals surface area contributed by atoms with E-state index >= 15 is 0 Å². The summed E-state index contributed by atoms with van der Waals surface area (Å²) in [7, 11) is 0. The second-order valence-corrected chi connectivity index (χ2v) is 6.37. The summed E-state index contributed by atoms with van der Waals surface area (Å²) in [6.07, 6.45) is 1.41. The van der Waals surface area contributed by atoms with Crippen LogP contribution in [-0.2, 0) is 4.79 Å². The molecule has 0 aliphatic carbocycles. The van der Waals surface area contributed by atoms with Gasteiger partial charge in [-0.2, -0.15) is 0 Å². The molecule has 0 spiro atoms. The Balaban J connectivity index is 2.56. The molecule has 3 nitrogen and oxygen atoms in total. The van der Waals surface area contributed by atoms with Crippen molar-refractivity contribution in [3.05, 3.63) is 27.7 Å². The third kappa shape index (κ3) is 5.93. The fourth-order valence-corrected chi connectivity index (χ4v) is 2.40. The maximum absolute atomic E-state index is 11.9. The highest BCUT2D eigenvalue weighted by Crippen LogP contribution is 2.25. The van der Waals surface area contributed by atoms with Crippen molar-refractivity contribution < 1.29 is 4.79 Å². The average Bonchev–Trinajstić information content (AvgIpc) is 2.32. The molecule has 1 aromatic carbocycles. The fourth-order valence-electron chi connectivity index (χ4n) is 1.98. The molecule has 1 amide bonds. The Labute approximate surface area is 128 Å². The summed E-state index contributed by atoms with van der Waals surface area (Å²) in [5, 5.41) is 3.43. The van der Waals surface area contributed by atoms with Gasteiger partial charge in [-0.05, 0) is 58.9 Å². The fraction of sp³-hybridized carbons (Fsp3) is 0.500. The zero-order valence-electron chi connectivity index (χ0n) is 11.2. The van der Waals surface area contributed by atoms with Gasteiger partial charge in [-0.3, -0.25) is 4.79 Å². The Morgan fingerprint density at radius 3 is 2.68 bits per heavy atom. The lowest BCUT2D eigenvalue weighted by molar-refractivity contribution is -0.117. The van der Waals surface area contributed by atoms with Gasteiger partial charge in [0, 0.05) is 16.6 Å². The number of nitrogens with two attached hydrogens (primary N) is 1. The predicted molar refractivity (Wildman–Crippen MR) is 84.4 cm³/mol. The van der Waals surface area contributed by atoms with Crippen LogP contribution in [0.4, 0.5) is 5.69 Å². The second kappa shape index (κ2) is 7.88. The van der Waals surface area contributed by atoms with Crippen LogP contribution in [0, 0.1) is 11.8 Å². The van der Waals surface area contributed by atoms with E-state index < -0.39 is 0 Å². The molecule has 19 heavy (non-hydrogen) atoms. The summed E-state index contributed by atoms with van der Waals surface area (Å²) < 4.78 is 0.812. The van der Waals surface area contributed by atoms with Gasteiger partial charge in [0.25, 0.3) is 0 Å². The SMILES string of the molecule is CC(C)C[C@H](CN)CC(=O)Nc1ccc(Br)c(Cl)c1. The minimum atomic E-state index is -0.0190. The summed E-state index contributed by atoms with van der Waals surface area (Å²) in [6.45, 7) is 4.80. The Bertz CT molecular complexity index is 437. The third-order valence-corrected chi connectivity index (χ3v) is 4.05. The molecule has 0 aromatic heterocycles. The minimum absolute atomic E-state index is 0.0190. The molecule has 1 atom stereocenters. The zero-order chi connectivity index (χ0) is 14.4. The number of hydrogen-bond donors (Lipinski definition) is 2. The van der Waals surface area contributed by atoms with Crippen LogP contribution in [0.15, 0.2) is 22.7 Å². The lowest BCUT2D eigenvalue weighted by Gasteiger charge is -2.16. The van der Waals surface area contributed by atoms with E-state index in [1.54, 1.807) is 6.07 Å². The Morgan fingerprint density at radius 2 is 2.16 bits per heavy atom. The minimum Gasteiger partial charge on any atom is -0.330 e. The molecule has 3 N–H and O–H groups in total. The van der Waals surface area contributed by atoms with Crippen molar-refractivity contribution in [2.75, 3.05) is 11.9 Å². The molecule has 1 rings (SSSR count). The van der Waals surface area contributed by atoms with Gasteiger partial charge in [-0.1, -0.05) is 25.4 Å². The summed E-state index contributed by atoms with van der Waals surface area (Å²) in [4.78, 5) is 11.9. The molecule has 0 radical (unpaired) electrons. The van der Waals surface area contributed by atoms with Crippen molar-refractivity contribution >= 4 is 39.1 Å². The molecule has 0 bridgehead atoms. The molecule has 0 unspecified atom stereocenters. The lowest BCUT2D eigenvalue weighted by Crippen LogP contribution is -2.23. The first-order valence-electron chi connectivity index (χ1n) is 6.37. The summed E-state index contributed by atoms with van der Waals surface area (Å²) in [6, 6.07) is 5.35. The topological polar surface area (TPSA) is 55.1 Å². The van der Waals surface area contributed by atoms with Crippen molar-refractivity contribution in [1.82, 2.24) is 0 Å². The quantitative estimate of drug-likeness (QED) is 0.815. The maximum Gasteiger partial charge on any atom is 0.224 e. The summed E-state index contributed by atoms with van der Waals surface area (Å²) >= 11 is 9.29. The highest BCUT2D eigenvalue weighted by molar-refractivity contribution is 9.10. The van der Waals surface area contributed by atoms with E-state index in [-0.39, 0.29) is 11.8 Å². The van der Waals surface area contributed by atoms with Crippen LogP contribution >= 0.6 is 27.5 Å². The molecule has 0 saturated carbocycles. The first-order valence-corrected chi connectivity index (χ1v) is 7.54. The van der Waals surface area contributed by atoms with Crippen LogP contribution in [0.3, 0.4) is 0 Å². The van der Waals surface area contributed by atoms with E-state index in [4.69, 9.17) is 17.3 Å². The number of hydrogen-bond acceptors (Lipinski definition) is 2. The monoisotopic (exact) mass is 346 g/mol. The van der Waals surface area contributed by atoms with Gasteiger partial charge in [0.1, 0.15) is 0 Å². The van der Waals surface area contributed by atoms with Crippen LogP contribution in [0.1, 0.15) is 26.7 Å². The number of carbonyl (C=O) groups excluding carboxylic acids is 1. The van der Waals surface area contributed by atoms with Crippen molar-refractivity contribution in [2.24, 2.45) is 17.6 Å². The lowest BCUT2D eigenvalue weighted by atomic mass is 9.94. The van der Waals surface area contributed by atoms with Gasteiger partial charge in [0.2, 0.25) is 5.91 Å². The first kappa shape index (κ1) is 16.5. The summed E-state index contributed by atoms with van der Waals surface area (Å²) in [5.74, 6) is 0.754. The number of amides is 1. The molecule has 1 aromatic rings. The molecule has 106 valence electrons. The maximum atomic E-state index is 11.9. The van der Waals surface area contributed by atoms with Gasteiger partial charge < -0.3 is 11.1 Å². The van der Waals surface area contributed by atoms with E-state index in [2.05, 4.69) is 35.1 Å². The number of nitrogens with one attached hydrogen (secondary N) is 1. The van der Waals surface area contributed by atoms with Gasteiger partial charge in [0.05, 0.1) is 5.02 Å². The Hall–Kier alpha value is -0.580. The molecule has 0 fully saturated rings. The van der Waals surface area contributed by atoms with Crippen LogP contribution < -0.4 is 11.1 Å². The standard InChI is InChI=1S/C14H20BrClN2O/c1-9(2)5-10(8-17)6-14(19)18-11-3-4-12(15)13(16)7-11/h3-4,7,9-10H,5-6,8,17H2,1-2H3,(H,18,19)/t10-/m0/s1. The number of carbonyl (C=O) groups is 1. The zero-order valence-corrected chi connectivity index (χ0v) is 13.6. The molecule has 0 saturated heterocycles. The van der Waals surface area contributed by atoms with Crippen molar-refractivity contribution in [3.8, 4) is 0 Å². The molecule has 5 heteroatoms. The van der Waals surface area contributed by atoms with Crippen molar-refractivity contribution in [3.63, 3.8) is 0 Å². The van der Waals surface area contributed by atoms with Crippen LogP contribution in [0.25, 0.3) is 0 Å². The van der Waals surface area contributed by atoms with Gasteiger partial charge >= 0.3 is 0 Å².